The number of imide groups is 1. The van der Waals surface area contributed by atoms with Crippen LogP contribution in [0.15, 0.2) is 35.3 Å². The van der Waals surface area contributed by atoms with Crippen LogP contribution in [0.5, 0.6) is 5.75 Å². The van der Waals surface area contributed by atoms with Crippen molar-refractivity contribution in [2.45, 2.75) is 13.0 Å². The lowest BCUT2D eigenvalue weighted by Crippen LogP contribution is -2.62. The Bertz CT molecular complexity index is 970. The van der Waals surface area contributed by atoms with E-state index in [0.29, 0.717) is 35.7 Å². The number of ether oxygens (including phenoxy) is 1. The van der Waals surface area contributed by atoms with Gasteiger partial charge in [-0.3, -0.25) is 14.6 Å². The highest BCUT2D eigenvalue weighted by Crippen LogP contribution is 2.32. The molecule has 0 saturated carbocycles. The second-order valence-electron chi connectivity index (χ2n) is 7.06. The molecule has 146 valence electrons. The third kappa shape index (κ3) is 2.67. The number of halogens is 1. The SMILES string of the molecule is C=C(C)CN1C(=O)C2C(=NC3=[N+]2CCN3c2ccc(OC)c(Cl)c2)N(C)C1=O. The van der Waals surface area contributed by atoms with Gasteiger partial charge in [-0.1, -0.05) is 28.7 Å². The monoisotopic (exact) mass is 402 g/mol. The van der Waals surface area contributed by atoms with E-state index in [0.717, 1.165) is 11.3 Å². The van der Waals surface area contributed by atoms with Gasteiger partial charge in [0.2, 0.25) is 11.9 Å². The fraction of sp³-hybridized carbons (Fsp3) is 0.368. The maximum Gasteiger partial charge on any atom is 0.397 e. The third-order valence-corrected chi connectivity index (χ3v) is 5.37. The van der Waals surface area contributed by atoms with Crippen LogP contribution >= 0.6 is 11.6 Å². The topological polar surface area (TPSA) is 68.5 Å². The van der Waals surface area contributed by atoms with Gasteiger partial charge in [-0.15, -0.1) is 0 Å². The molecule has 3 amide bonds. The van der Waals surface area contributed by atoms with Gasteiger partial charge >= 0.3 is 12.0 Å². The maximum atomic E-state index is 13.1. The van der Waals surface area contributed by atoms with Crippen molar-refractivity contribution in [1.82, 2.24) is 9.80 Å². The van der Waals surface area contributed by atoms with E-state index in [-0.39, 0.29) is 18.5 Å². The number of hydrogen-bond donors (Lipinski definition) is 0. The van der Waals surface area contributed by atoms with Crippen LogP contribution in [0.2, 0.25) is 5.02 Å². The van der Waals surface area contributed by atoms with Gasteiger partial charge in [0.1, 0.15) is 18.0 Å². The van der Waals surface area contributed by atoms with Gasteiger partial charge in [-0.25, -0.2) is 14.3 Å². The number of carbonyl (C=O) groups is 2. The second-order valence-corrected chi connectivity index (χ2v) is 7.47. The quantitative estimate of drug-likeness (QED) is 0.568. The number of benzene rings is 1. The molecule has 1 saturated heterocycles. The van der Waals surface area contributed by atoms with E-state index in [1.165, 1.54) is 9.80 Å². The van der Waals surface area contributed by atoms with Crippen molar-refractivity contribution in [1.29, 1.82) is 0 Å². The molecule has 3 heterocycles. The molecule has 0 N–H and O–H groups in total. The molecule has 9 heteroatoms. The van der Waals surface area contributed by atoms with Gasteiger partial charge in [-0.05, 0) is 25.1 Å². The van der Waals surface area contributed by atoms with Crippen LogP contribution in [-0.4, -0.2) is 77.9 Å². The standard InChI is InChI=1S/C19H21ClN5O3/c1-11(2)10-25-17(26)15-16(22(3)19(25)27)21-18-23(7-8-24(15)18)12-5-6-14(28-4)13(20)9-12/h5-6,9,15H,1,7-8,10H2,2-4H3/q+1. The Hall–Kier alpha value is -2.87. The molecule has 1 aromatic carbocycles. The van der Waals surface area contributed by atoms with Crippen LogP contribution in [0.25, 0.3) is 0 Å². The molecule has 1 atom stereocenters. The van der Waals surface area contributed by atoms with E-state index >= 15 is 0 Å². The predicted molar refractivity (Wildman–Crippen MR) is 106 cm³/mol. The summed E-state index contributed by atoms with van der Waals surface area (Å²) in [6, 6.07) is 4.52. The summed E-state index contributed by atoms with van der Waals surface area (Å²) in [6.07, 6.45) is 0. The van der Waals surface area contributed by atoms with Crippen LogP contribution in [0.1, 0.15) is 6.92 Å². The summed E-state index contributed by atoms with van der Waals surface area (Å²) in [4.78, 5) is 35.0. The first kappa shape index (κ1) is 18.5. The van der Waals surface area contributed by atoms with Gasteiger partial charge in [-0.2, -0.15) is 0 Å². The van der Waals surface area contributed by atoms with Crippen LogP contribution < -0.4 is 9.64 Å². The molecule has 1 aromatic rings. The number of amidine groups is 1. The fourth-order valence-corrected chi connectivity index (χ4v) is 3.99. The molecular weight excluding hydrogens is 382 g/mol. The number of amides is 3. The van der Waals surface area contributed by atoms with Crippen molar-refractivity contribution < 1.29 is 18.9 Å². The summed E-state index contributed by atoms with van der Waals surface area (Å²) < 4.78 is 7.15. The Morgan fingerprint density at radius 1 is 1.43 bits per heavy atom. The number of nitrogens with zero attached hydrogens (tertiary/aromatic N) is 5. The van der Waals surface area contributed by atoms with Crippen molar-refractivity contribution in [3.8, 4) is 5.75 Å². The molecule has 0 aliphatic carbocycles. The summed E-state index contributed by atoms with van der Waals surface area (Å²) in [5.74, 6) is 1.42. The number of fused-ring (bicyclic) bond motifs is 2. The molecule has 3 aliphatic rings. The van der Waals surface area contributed by atoms with Crippen LogP contribution in [0.3, 0.4) is 0 Å². The molecule has 1 fully saturated rings. The van der Waals surface area contributed by atoms with E-state index in [1.54, 1.807) is 27.1 Å². The smallest absolute Gasteiger partial charge is 0.397 e. The average Bonchev–Trinajstić information content (AvgIpc) is 3.22. The molecule has 0 bridgehead atoms. The van der Waals surface area contributed by atoms with Crippen molar-refractivity contribution in [2.75, 3.05) is 38.7 Å². The highest BCUT2D eigenvalue weighted by molar-refractivity contribution is 6.32. The van der Waals surface area contributed by atoms with E-state index in [9.17, 15) is 9.59 Å². The number of carbonyl (C=O) groups excluding carboxylic acids is 2. The van der Waals surface area contributed by atoms with Crippen molar-refractivity contribution >= 4 is 41.0 Å². The first-order valence-corrected chi connectivity index (χ1v) is 9.28. The van der Waals surface area contributed by atoms with Crippen LogP contribution in [0, 0.1) is 0 Å². The van der Waals surface area contributed by atoms with Gasteiger partial charge in [0.15, 0.2) is 0 Å². The van der Waals surface area contributed by atoms with E-state index < -0.39 is 6.04 Å². The summed E-state index contributed by atoms with van der Waals surface area (Å²) in [5.41, 5.74) is 1.60. The van der Waals surface area contributed by atoms with Crippen molar-refractivity contribution in [3.63, 3.8) is 0 Å². The number of likely N-dealkylation sites (N-methyl/N-ethyl adjacent to an activating group) is 1. The van der Waals surface area contributed by atoms with Crippen molar-refractivity contribution in [3.05, 3.63) is 35.4 Å². The highest BCUT2D eigenvalue weighted by atomic mass is 35.5. The van der Waals surface area contributed by atoms with E-state index in [1.807, 2.05) is 21.6 Å². The molecule has 8 nitrogen and oxygen atoms in total. The molecular formula is C19H21ClN5O3+. The lowest BCUT2D eigenvalue weighted by atomic mass is 10.1. The number of methoxy groups -OCH3 is 1. The van der Waals surface area contributed by atoms with Gasteiger partial charge in [0.05, 0.1) is 25.2 Å². The average molecular weight is 403 g/mol. The summed E-state index contributed by atoms with van der Waals surface area (Å²) >= 11 is 6.27. The van der Waals surface area contributed by atoms with E-state index in [2.05, 4.69) is 11.6 Å². The zero-order valence-corrected chi connectivity index (χ0v) is 16.7. The lowest BCUT2D eigenvalue weighted by molar-refractivity contribution is -0.525. The molecule has 0 aromatic heterocycles. The zero-order chi connectivity index (χ0) is 20.2. The van der Waals surface area contributed by atoms with Crippen molar-refractivity contribution in [2.24, 2.45) is 4.99 Å². The molecule has 0 spiro atoms. The first-order chi connectivity index (χ1) is 13.3. The minimum Gasteiger partial charge on any atom is -0.495 e. The minimum absolute atomic E-state index is 0.201. The normalized spacial score (nSPS) is 21.2. The van der Waals surface area contributed by atoms with Crippen LogP contribution in [-0.2, 0) is 4.79 Å². The number of urea groups is 1. The van der Waals surface area contributed by atoms with Gasteiger partial charge in [0.25, 0.3) is 5.91 Å². The zero-order valence-electron chi connectivity index (χ0n) is 16.0. The van der Waals surface area contributed by atoms with Gasteiger partial charge in [0, 0.05) is 7.05 Å². The Kier molecular flexibility index (Phi) is 4.38. The minimum atomic E-state index is -0.601. The van der Waals surface area contributed by atoms with Crippen LogP contribution in [0.4, 0.5) is 10.5 Å². The number of anilines is 1. The molecule has 3 aliphatic heterocycles. The predicted octanol–water partition coefficient (Wildman–Crippen LogP) is 1.79. The Balaban J connectivity index is 1.71. The number of aliphatic imine (C=N–C) groups is 1. The second kappa shape index (κ2) is 6.63. The molecule has 28 heavy (non-hydrogen) atoms. The maximum absolute atomic E-state index is 13.1. The number of guanidine groups is 1. The lowest BCUT2D eigenvalue weighted by Gasteiger charge is -2.34. The third-order valence-electron chi connectivity index (χ3n) is 5.07. The Morgan fingerprint density at radius 2 is 2.18 bits per heavy atom. The molecule has 4 rings (SSSR count). The summed E-state index contributed by atoms with van der Waals surface area (Å²) in [6.45, 7) is 7.10. The molecule has 0 radical (unpaired) electrons. The Labute approximate surface area is 167 Å². The number of hydrogen-bond acceptors (Lipinski definition) is 5. The summed E-state index contributed by atoms with van der Waals surface area (Å²) in [7, 11) is 3.21. The molecule has 1 unspecified atom stereocenters. The largest absolute Gasteiger partial charge is 0.495 e. The van der Waals surface area contributed by atoms with Gasteiger partial charge < -0.3 is 4.74 Å². The fourth-order valence-electron chi connectivity index (χ4n) is 3.74. The Morgan fingerprint density at radius 3 is 2.82 bits per heavy atom. The first-order valence-electron chi connectivity index (χ1n) is 8.90. The van der Waals surface area contributed by atoms with E-state index in [4.69, 9.17) is 16.3 Å². The summed E-state index contributed by atoms with van der Waals surface area (Å²) in [5, 5.41) is 0.498. The highest BCUT2D eigenvalue weighted by Gasteiger charge is 2.55. The number of rotatable bonds is 4.